The van der Waals surface area contributed by atoms with Crippen LogP contribution in [0.3, 0.4) is 0 Å². The summed E-state index contributed by atoms with van der Waals surface area (Å²) in [5.41, 5.74) is 7.85. The minimum atomic E-state index is -1.11. The van der Waals surface area contributed by atoms with Gasteiger partial charge in [0.1, 0.15) is 17.1 Å². The van der Waals surface area contributed by atoms with Gasteiger partial charge in [0.2, 0.25) is 5.91 Å². The predicted octanol–water partition coefficient (Wildman–Crippen LogP) is 2.40. The van der Waals surface area contributed by atoms with E-state index in [2.05, 4.69) is 5.32 Å². The number of carbonyl (C=O) groups is 3. The summed E-state index contributed by atoms with van der Waals surface area (Å²) in [6.45, 7) is 0. The number of nitrogens with zero attached hydrogens (tertiary/aromatic N) is 1. The van der Waals surface area contributed by atoms with Crippen LogP contribution in [0.1, 0.15) is 5.56 Å². The van der Waals surface area contributed by atoms with E-state index in [1.165, 1.54) is 16.7 Å². The lowest BCUT2D eigenvalue weighted by Crippen LogP contribution is -2.70. The van der Waals surface area contributed by atoms with Crippen molar-refractivity contribution in [3.05, 3.63) is 58.6 Å². The lowest BCUT2D eigenvalue weighted by molar-refractivity contribution is -0.150. The summed E-state index contributed by atoms with van der Waals surface area (Å²) < 4.78 is 1.10. The minimum absolute atomic E-state index is 0.0469. The number of rotatable bonds is 7. The third-order valence-corrected chi connectivity index (χ3v) is 8.41. The van der Waals surface area contributed by atoms with Crippen LogP contribution in [0.4, 0.5) is 5.69 Å². The van der Waals surface area contributed by atoms with Crippen molar-refractivity contribution in [3.8, 4) is 0 Å². The number of carbonyl (C=O) groups excluding carboxylic acids is 2. The Labute approximate surface area is 185 Å². The van der Waals surface area contributed by atoms with Gasteiger partial charge in [0, 0.05) is 17.2 Å². The first-order chi connectivity index (χ1) is 14.5. The Balaban J connectivity index is 1.44. The van der Waals surface area contributed by atoms with E-state index in [-0.39, 0.29) is 18.0 Å². The smallest absolute Gasteiger partial charge is 0.352 e. The van der Waals surface area contributed by atoms with E-state index in [0.717, 1.165) is 9.78 Å². The zero-order valence-electron chi connectivity index (χ0n) is 15.7. The van der Waals surface area contributed by atoms with Crippen LogP contribution < -0.4 is 11.1 Å². The summed E-state index contributed by atoms with van der Waals surface area (Å²) in [7, 11) is 0. The van der Waals surface area contributed by atoms with Crippen LogP contribution in [0.15, 0.2) is 57.3 Å². The standard InChI is InChI=1S/C20H19N3O4S3/c21-13-5-2-1-4-11(13)8-14(24)22-16-18(25)23-17(20(26)27)12(10-30-19(16)23)9-29-15-6-3-7-28-15/h1-7,16,19H,8-10,21H2,(H,22,24)(H,26,27)/t16?,19-/m1/s1. The van der Waals surface area contributed by atoms with Gasteiger partial charge < -0.3 is 16.2 Å². The second-order valence-corrected chi connectivity index (χ2v) is 10.1. The molecule has 0 spiro atoms. The van der Waals surface area contributed by atoms with Crippen molar-refractivity contribution in [2.45, 2.75) is 22.0 Å². The molecule has 2 aromatic rings. The first-order valence-corrected chi connectivity index (χ1v) is 12.1. The highest BCUT2D eigenvalue weighted by atomic mass is 32.2. The van der Waals surface area contributed by atoms with Gasteiger partial charge in [-0.25, -0.2) is 4.79 Å². The number of carboxylic acids is 1. The zero-order valence-corrected chi connectivity index (χ0v) is 18.2. The van der Waals surface area contributed by atoms with E-state index in [1.807, 2.05) is 17.5 Å². The molecule has 2 aliphatic heterocycles. The van der Waals surface area contributed by atoms with E-state index in [4.69, 9.17) is 5.73 Å². The number of thiophene rings is 1. The number of thioether (sulfide) groups is 2. The summed E-state index contributed by atoms with van der Waals surface area (Å²) in [6.07, 6.45) is 0.0676. The Hall–Kier alpha value is -2.43. The molecule has 1 saturated heterocycles. The SMILES string of the molecule is Nc1ccccc1CC(=O)NC1C(=O)N2C(C(=O)O)=C(CSc3cccs3)CS[C@H]12. The Morgan fingerprint density at radius 2 is 2.07 bits per heavy atom. The maximum Gasteiger partial charge on any atom is 0.352 e. The van der Waals surface area contributed by atoms with E-state index in [0.29, 0.717) is 22.8 Å². The maximum absolute atomic E-state index is 12.7. The topological polar surface area (TPSA) is 113 Å². The Morgan fingerprint density at radius 3 is 2.77 bits per heavy atom. The van der Waals surface area contributed by atoms with Crippen LogP contribution >= 0.6 is 34.9 Å². The first-order valence-electron chi connectivity index (χ1n) is 9.14. The number of β-lactam (4-membered cyclic amide) rings is 1. The van der Waals surface area contributed by atoms with Crippen LogP contribution in [0.2, 0.25) is 0 Å². The summed E-state index contributed by atoms with van der Waals surface area (Å²) >= 11 is 4.63. The number of hydrogen-bond donors (Lipinski definition) is 3. The molecule has 1 aromatic heterocycles. The highest BCUT2D eigenvalue weighted by Gasteiger charge is 2.54. The second kappa shape index (κ2) is 8.75. The number of fused-ring (bicyclic) bond motifs is 1. The summed E-state index contributed by atoms with van der Waals surface area (Å²) in [5, 5.41) is 14.0. The number of nitrogens with one attached hydrogen (secondary N) is 1. The molecule has 1 aromatic carbocycles. The fraction of sp³-hybridized carbons (Fsp3) is 0.250. The Morgan fingerprint density at radius 1 is 1.27 bits per heavy atom. The summed E-state index contributed by atoms with van der Waals surface area (Å²) in [5.74, 6) is -0.802. The van der Waals surface area contributed by atoms with Crippen LogP contribution in [0.25, 0.3) is 0 Å². The lowest BCUT2D eigenvalue weighted by Gasteiger charge is -2.49. The number of amides is 2. The van der Waals surface area contributed by atoms with Gasteiger partial charge in [-0.1, -0.05) is 24.3 Å². The van der Waals surface area contributed by atoms with Crippen molar-refractivity contribution < 1.29 is 19.5 Å². The summed E-state index contributed by atoms with van der Waals surface area (Å²) in [6, 6.07) is 10.3. The van der Waals surface area contributed by atoms with Crippen LogP contribution in [-0.4, -0.2) is 50.7 Å². The number of anilines is 1. The third kappa shape index (κ3) is 4.07. The highest BCUT2D eigenvalue weighted by molar-refractivity contribution is 8.02. The molecule has 1 unspecified atom stereocenters. The molecule has 1 fully saturated rings. The summed E-state index contributed by atoms with van der Waals surface area (Å²) in [4.78, 5) is 38.3. The van der Waals surface area contributed by atoms with Crippen molar-refractivity contribution in [2.24, 2.45) is 0 Å². The van der Waals surface area contributed by atoms with Crippen molar-refractivity contribution >= 4 is 58.3 Å². The van der Waals surface area contributed by atoms with Gasteiger partial charge in [0.05, 0.1) is 10.6 Å². The fourth-order valence-corrected chi connectivity index (χ4v) is 6.66. The van der Waals surface area contributed by atoms with Gasteiger partial charge in [-0.15, -0.1) is 34.9 Å². The van der Waals surface area contributed by atoms with E-state index in [1.54, 1.807) is 47.4 Å². The van der Waals surface area contributed by atoms with Crippen molar-refractivity contribution in [2.75, 3.05) is 17.2 Å². The number of para-hydroxylation sites is 1. The number of hydrogen-bond acceptors (Lipinski definition) is 7. The molecule has 4 rings (SSSR count). The maximum atomic E-state index is 12.7. The molecule has 0 saturated carbocycles. The number of aliphatic carboxylic acids is 1. The molecule has 0 aliphatic carbocycles. The molecule has 2 atom stereocenters. The average molecular weight is 462 g/mol. The fourth-order valence-electron chi connectivity index (χ4n) is 3.39. The molecular formula is C20H19N3O4S3. The Kier molecular flexibility index (Phi) is 6.07. The number of nitrogens with two attached hydrogens (primary N) is 1. The van der Waals surface area contributed by atoms with E-state index in [9.17, 15) is 19.5 Å². The minimum Gasteiger partial charge on any atom is -0.477 e. The van der Waals surface area contributed by atoms with E-state index >= 15 is 0 Å². The van der Waals surface area contributed by atoms with Gasteiger partial charge >= 0.3 is 5.97 Å². The van der Waals surface area contributed by atoms with Gasteiger partial charge in [0.15, 0.2) is 0 Å². The van der Waals surface area contributed by atoms with E-state index < -0.39 is 23.3 Å². The van der Waals surface area contributed by atoms with Crippen LogP contribution in [0.5, 0.6) is 0 Å². The molecule has 30 heavy (non-hydrogen) atoms. The van der Waals surface area contributed by atoms with Gasteiger partial charge in [-0.05, 0) is 28.6 Å². The molecule has 0 radical (unpaired) electrons. The number of carboxylic acid groups (broad SMARTS) is 1. The average Bonchev–Trinajstić information content (AvgIpc) is 3.25. The monoisotopic (exact) mass is 461 g/mol. The molecular weight excluding hydrogens is 442 g/mol. The first kappa shape index (κ1) is 20.8. The molecule has 156 valence electrons. The van der Waals surface area contributed by atoms with Crippen molar-refractivity contribution in [1.29, 1.82) is 0 Å². The molecule has 0 bridgehead atoms. The second-order valence-electron chi connectivity index (χ2n) is 6.81. The lowest BCUT2D eigenvalue weighted by atomic mass is 10.0. The van der Waals surface area contributed by atoms with Gasteiger partial charge in [0.25, 0.3) is 5.91 Å². The van der Waals surface area contributed by atoms with Crippen LogP contribution in [-0.2, 0) is 20.8 Å². The third-order valence-electron chi connectivity index (χ3n) is 4.86. The molecule has 4 N–H and O–H groups in total. The predicted molar refractivity (Wildman–Crippen MR) is 119 cm³/mol. The zero-order chi connectivity index (χ0) is 21.3. The van der Waals surface area contributed by atoms with Gasteiger partial charge in [-0.2, -0.15) is 0 Å². The quantitative estimate of drug-likeness (QED) is 0.330. The Bertz CT molecular complexity index is 1020. The highest BCUT2D eigenvalue weighted by Crippen LogP contribution is 2.41. The number of benzene rings is 1. The normalized spacial score (nSPS) is 20.5. The number of nitrogen functional groups attached to an aromatic ring is 1. The van der Waals surface area contributed by atoms with Crippen molar-refractivity contribution in [1.82, 2.24) is 10.2 Å². The molecule has 3 heterocycles. The van der Waals surface area contributed by atoms with Gasteiger partial charge in [-0.3, -0.25) is 14.5 Å². The molecule has 2 amide bonds. The molecule has 2 aliphatic rings. The largest absolute Gasteiger partial charge is 0.477 e. The van der Waals surface area contributed by atoms with Crippen LogP contribution in [0, 0.1) is 0 Å². The molecule has 7 nitrogen and oxygen atoms in total. The van der Waals surface area contributed by atoms with Crippen molar-refractivity contribution in [3.63, 3.8) is 0 Å². The molecule has 10 heteroatoms.